The minimum Gasteiger partial charge on any atom is -0.480 e. The molecule has 0 radical (unpaired) electrons. The third-order valence-electron chi connectivity index (χ3n) is 3.80. The molecule has 0 aliphatic carbocycles. The summed E-state index contributed by atoms with van der Waals surface area (Å²) < 4.78 is 5.47. The molecule has 2 rings (SSSR count). The number of rotatable bonds is 9. The maximum atomic E-state index is 12.6. The van der Waals surface area contributed by atoms with E-state index in [2.05, 4.69) is 5.32 Å². The lowest BCUT2D eigenvalue weighted by Crippen LogP contribution is -2.24. The van der Waals surface area contributed by atoms with Crippen molar-refractivity contribution in [2.24, 2.45) is 0 Å². The van der Waals surface area contributed by atoms with Crippen LogP contribution in [-0.4, -0.2) is 28.8 Å². The van der Waals surface area contributed by atoms with Crippen LogP contribution in [0.25, 0.3) is 0 Å². The molecule has 138 valence electrons. The largest absolute Gasteiger partial charge is 0.480 e. The molecule has 0 saturated heterocycles. The first-order chi connectivity index (χ1) is 12.5. The molecule has 0 bridgehead atoms. The smallest absolute Gasteiger partial charge is 0.316 e. The number of thioether (sulfide) groups is 1. The highest BCUT2D eigenvalue weighted by Crippen LogP contribution is 2.27. The first-order valence-electron chi connectivity index (χ1n) is 8.44. The molecule has 0 saturated carbocycles. The van der Waals surface area contributed by atoms with Crippen molar-refractivity contribution in [3.8, 4) is 0 Å². The van der Waals surface area contributed by atoms with Crippen LogP contribution in [0, 0.1) is 0 Å². The van der Waals surface area contributed by atoms with Crippen LogP contribution in [0.2, 0.25) is 0 Å². The highest BCUT2D eigenvalue weighted by Gasteiger charge is 2.17. The van der Waals surface area contributed by atoms with Gasteiger partial charge in [0.05, 0.1) is 12.2 Å². The van der Waals surface area contributed by atoms with Gasteiger partial charge in [-0.25, -0.2) is 0 Å². The maximum absolute atomic E-state index is 12.6. The van der Waals surface area contributed by atoms with E-state index in [-0.39, 0.29) is 5.91 Å². The first-order valence-corrected chi connectivity index (χ1v) is 9.32. The fourth-order valence-electron chi connectivity index (χ4n) is 2.35. The lowest BCUT2D eigenvalue weighted by molar-refractivity contribution is -0.136. The summed E-state index contributed by atoms with van der Waals surface area (Å²) in [6.07, 6.45) is 0. The molecule has 5 nitrogen and oxygen atoms in total. The van der Waals surface area contributed by atoms with Crippen molar-refractivity contribution in [2.75, 3.05) is 6.61 Å². The van der Waals surface area contributed by atoms with Crippen LogP contribution in [0.5, 0.6) is 0 Å². The summed E-state index contributed by atoms with van der Waals surface area (Å²) in [6.45, 7) is 5.07. The predicted molar refractivity (Wildman–Crippen MR) is 102 cm³/mol. The highest BCUT2D eigenvalue weighted by molar-refractivity contribution is 8.00. The Hall–Kier alpha value is -2.31. The van der Waals surface area contributed by atoms with E-state index in [4.69, 9.17) is 9.84 Å². The van der Waals surface area contributed by atoms with Gasteiger partial charge in [-0.2, -0.15) is 0 Å². The summed E-state index contributed by atoms with van der Waals surface area (Å²) in [7, 11) is 0. The van der Waals surface area contributed by atoms with Gasteiger partial charge in [-0.1, -0.05) is 36.4 Å². The Morgan fingerprint density at radius 2 is 1.77 bits per heavy atom. The zero-order valence-corrected chi connectivity index (χ0v) is 15.7. The van der Waals surface area contributed by atoms with Crippen molar-refractivity contribution in [2.45, 2.75) is 37.1 Å². The van der Waals surface area contributed by atoms with E-state index in [1.807, 2.05) is 31.2 Å². The normalized spacial score (nSPS) is 11.8. The van der Waals surface area contributed by atoms with Gasteiger partial charge in [-0.3, -0.25) is 9.59 Å². The van der Waals surface area contributed by atoms with Crippen LogP contribution >= 0.6 is 11.8 Å². The molecule has 6 heteroatoms. The summed E-state index contributed by atoms with van der Waals surface area (Å²) in [5, 5.41) is 11.4. The molecule has 0 heterocycles. The van der Waals surface area contributed by atoms with E-state index in [0.717, 1.165) is 22.9 Å². The molecule has 26 heavy (non-hydrogen) atoms. The summed E-state index contributed by atoms with van der Waals surface area (Å²) in [5.74, 6) is -1.13. The van der Waals surface area contributed by atoms with Gasteiger partial charge in [0.15, 0.2) is 0 Å². The first kappa shape index (κ1) is 20.0. The van der Waals surface area contributed by atoms with Crippen LogP contribution < -0.4 is 5.32 Å². The summed E-state index contributed by atoms with van der Waals surface area (Å²) in [4.78, 5) is 24.4. The number of carbonyl (C=O) groups excluding carboxylic acids is 1. The van der Waals surface area contributed by atoms with E-state index < -0.39 is 11.2 Å². The molecule has 2 N–H and O–H groups in total. The van der Waals surface area contributed by atoms with Crippen molar-refractivity contribution in [3.05, 3.63) is 65.2 Å². The van der Waals surface area contributed by atoms with Crippen molar-refractivity contribution >= 4 is 23.6 Å². The number of hydrogen-bond donors (Lipinski definition) is 2. The van der Waals surface area contributed by atoms with Gasteiger partial charge in [0.2, 0.25) is 0 Å². The van der Waals surface area contributed by atoms with E-state index in [9.17, 15) is 9.59 Å². The molecule has 0 spiro atoms. The van der Waals surface area contributed by atoms with E-state index >= 15 is 0 Å². The van der Waals surface area contributed by atoms with Crippen LogP contribution in [-0.2, 0) is 22.7 Å². The van der Waals surface area contributed by atoms with Crippen molar-refractivity contribution in [1.82, 2.24) is 5.32 Å². The van der Waals surface area contributed by atoms with Gasteiger partial charge in [0.1, 0.15) is 5.25 Å². The fourth-order valence-corrected chi connectivity index (χ4v) is 3.28. The Morgan fingerprint density at radius 3 is 2.46 bits per heavy atom. The molecular formula is C20H23NO4S. The molecule has 0 aliphatic heterocycles. The van der Waals surface area contributed by atoms with Crippen molar-refractivity contribution < 1.29 is 19.4 Å². The molecule has 0 fully saturated rings. The van der Waals surface area contributed by atoms with Gasteiger partial charge < -0.3 is 15.2 Å². The summed E-state index contributed by atoms with van der Waals surface area (Å²) in [5.41, 5.74) is 2.52. The van der Waals surface area contributed by atoms with E-state index in [1.54, 1.807) is 31.2 Å². The number of ether oxygens (including phenoxy) is 1. The minimum absolute atomic E-state index is 0.225. The quantitative estimate of drug-likeness (QED) is 0.655. The SMILES string of the molecule is CCOCc1ccccc1CNC(=O)c1ccccc1SC(C)C(=O)O. The van der Waals surface area contributed by atoms with Gasteiger partial charge in [0.25, 0.3) is 5.91 Å². The molecule has 2 aromatic rings. The lowest BCUT2D eigenvalue weighted by Gasteiger charge is -2.13. The minimum atomic E-state index is -0.907. The second-order valence-electron chi connectivity index (χ2n) is 5.68. The number of carboxylic acid groups (broad SMARTS) is 1. The average Bonchev–Trinajstić information content (AvgIpc) is 2.65. The molecule has 2 aromatic carbocycles. The third kappa shape index (κ3) is 5.61. The lowest BCUT2D eigenvalue weighted by atomic mass is 10.1. The predicted octanol–water partition coefficient (Wildman–Crippen LogP) is 3.72. The number of carbonyl (C=O) groups is 2. The summed E-state index contributed by atoms with van der Waals surface area (Å²) in [6, 6.07) is 14.9. The Morgan fingerprint density at radius 1 is 1.12 bits per heavy atom. The average molecular weight is 373 g/mol. The molecule has 0 aliphatic rings. The molecule has 0 aromatic heterocycles. The van der Waals surface area contributed by atoms with Crippen LogP contribution in [0.15, 0.2) is 53.4 Å². The monoisotopic (exact) mass is 373 g/mol. The second kappa shape index (κ2) is 9.99. The maximum Gasteiger partial charge on any atom is 0.316 e. The van der Waals surface area contributed by atoms with E-state index in [1.165, 1.54) is 0 Å². The highest BCUT2D eigenvalue weighted by atomic mass is 32.2. The zero-order valence-electron chi connectivity index (χ0n) is 14.9. The van der Waals surface area contributed by atoms with E-state index in [0.29, 0.717) is 30.2 Å². The van der Waals surface area contributed by atoms with Gasteiger partial charge in [-0.05, 0) is 37.1 Å². The van der Waals surface area contributed by atoms with Crippen molar-refractivity contribution in [1.29, 1.82) is 0 Å². The number of amides is 1. The Kier molecular flexibility index (Phi) is 7.69. The summed E-state index contributed by atoms with van der Waals surface area (Å²) >= 11 is 1.16. The molecular weight excluding hydrogens is 350 g/mol. The molecule has 1 unspecified atom stereocenters. The van der Waals surface area contributed by atoms with Gasteiger partial charge in [0, 0.05) is 18.0 Å². The second-order valence-corrected chi connectivity index (χ2v) is 7.07. The third-order valence-corrected chi connectivity index (χ3v) is 4.97. The van der Waals surface area contributed by atoms with Gasteiger partial charge >= 0.3 is 5.97 Å². The number of benzene rings is 2. The number of hydrogen-bond acceptors (Lipinski definition) is 4. The number of carboxylic acids is 1. The van der Waals surface area contributed by atoms with Crippen LogP contribution in [0.1, 0.15) is 35.3 Å². The zero-order chi connectivity index (χ0) is 18.9. The van der Waals surface area contributed by atoms with Crippen molar-refractivity contribution in [3.63, 3.8) is 0 Å². The van der Waals surface area contributed by atoms with Crippen LogP contribution in [0.4, 0.5) is 0 Å². The number of nitrogens with one attached hydrogen (secondary N) is 1. The Labute approximate surface area is 157 Å². The Balaban J connectivity index is 2.08. The topological polar surface area (TPSA) is 75.6 Å². The molecule has 1 amide bonds. The van der Waals surface area contributed by atoms with Gasteiger partial charge in [-0.15, -0.1) is 11.8 Å². The van der Waals surface area contributed by atoms with Crippen LogP contribution in [0.3, 0.4) is 0 Å². The molecule has 1 atom stereocenters. The fraction of sp³-hybridized carbons (Fsp3) is 0.300. The Bertz CT molecular complexity index is 763. The standard InChI is InChI=1S/C20H23NO4S/c1-3-25-13-16-9-5-4-8-15(16)12-21-19(22)17-10-6-7-11-18(17)26-14(2)20(23)24/h4-11,14H,3,12-13H2,1-2H3,(H,21,22)(H,23,24). The number of aliphatic carboxylic acids is 1.